The van der Waals surface area contributed by atoms with Crippen LogP contribution >= 0.6 is 23.4 Å². The molecule has 1 aromatic heterocycles. The Morgan fingerprint density at radius 3 is 2.86 bits per heavy atom. The summed E-state index contributed by atoms with van der Waals surface area (Å²) in [6.45, 7) is 0. The predicted octanol–water partition coefficient (Wildman–Crippen LogP) is 1.06. The van der Waals surface area contributed by atoms with E-state index in [1.165, 1.54) is 11.8 Å². The molecular weight excluding hydrogens is 222 g/mol. The molecule has 14 heavy (non-hydrogen) atoms. The van der Waals surface area contributed by atoms with Crippen LogP contribution in [-0.2, 0) is 0 Å². The number of nitrogens with zero attached hydrogens (tertiary/aromatic N) is 3. The van der Waals surface area contributed by atoms with E-state index < -0.39 is 0 Å². The van der Waals surface area contributed by atoms with Crippen molar-refractivity contribution in [2.45, 2.75) is 5.03 Å². The van der Waals surface area contributed by atoms with Crippen molar-refractivity contribution in [1.29, 1.82) is 0 Å². The van der Waals surface area contributed by atoms with Crippen molar-refractivity contribution in [1.82, 2.24) is 9.97 Å². The van der Waals surface area contributed by atoms with E-state index in [9.17, 15) is 0 Å². The molecule has 0 unspecified atom stereocenters. The summed E-state index contributed by atoms with van der Waals surface area (Å²) in [6, 6.07) is 0. The van der Waals surface area contributed by atoms with Gasteiger partial charge < -0.3 is 11.5 Å². The zero-order valence-corrected chi connectivity index (χ0v) is 8.77. The molecule has 1 aliphatic heterocycles. The van der Waals surface area contributed by atoms with E-state index in [0.29, 0.717) is 17.4 Å². The first-order valence-electron chi connectivity index (χ1n) is 3.89. The largest absolute Gasteiger partial charge is 0.382 e. The van der Waals surface area contributed by atoms with Crippen LogP contribution in [0, 0.1) is 0 Å². The molecule has 7 heteroatoms. The first-order chi connectivity index (χ1) is 6.70. The molecule has 4 N–H and O–H groups in total. The molecule has 1 aromatic rings. The lowest BCUT2D eigenvalue weighted by Crippen LogP contribution is -2.10. The Morgan fingerprint density at radius 2 is 2.14 bits per heavy atom. The molecule has 5 nitrogen and oxygen atoms in total. The highest BCUT2D eigenvalue weighted by atomic mass is 35.5. The molecule has 0 spiro atoms. The van der Waals surface area contributed by atoms with Crippen LogP contribution in [0.3, 0.4) is 0 Å². The average molecular weight is 230 g/mol. The number of aromatic nitrogens is 2. The van der Waals surface area contributed by atoms with Crippen molar-refractivity contribution in [3.63, 3.8) is 0 Å². The van der Waals surface area contributed by atoms with Gasteiger partial charge in [0.1, 0.15) is 10.7 Å². The number of hydrogen-bond donors (Lipinski definition) is 2. The van der Waals surface area contributed by atoms with Crippen LogP contribution < -0.4 is 11.5 Å². The summed E-state index contributed by atoms with van der Waals surface area (Å²) < 4.78 is 0. The molecule has 0 aromatic carbocycles. The molecule has 0 saturated carbocycles. The van der Waals surface area contributed by atoms with E-state index in [4.69, 9.17) is 23.1 Å². The Balaban J connectivity index is 2.52. The van der Waals surface area contributed by atoms with Gasteiger partial charge in [0.25, 0.3) is 0 Å². The summed E-state index contributed by atoms with van der Waals surface area (Å²) in [5.41, 5.74) is 12.6. The fourth-order valence-electron chi connectivity index (χ4n) is 1.08. The first-order valence-corrected chi connectivity index (χ1v) is 5.41. The van der Waals surface area contributed by atoms with E-state index in [1.54, 1.807) is 0 Å². The van der Waals surface area contributed by atoms with Gasteiger partial charge >= 0.3 is 0 Å². The molecule has 0 radical (unpaired) electrons. The highest BCUT2D eigenvalue weighted by molar-refractivity contribution is 8.00. The van der Waals surface area contributed by atoms with Crippen molar-refractivity contribution in [2.75, 3.05) is 23.1 Å². The van der Waals surface area contributed by atoms with Crippen LogP contribution in [0.5, 0.6) is 0 Å². The molecule has 0 atom stereocenters. The summed E-state index contributed by atoms with van der Waals surface area (Å²) in [7, 11) is 0. The molecule has 1 aliphatic rings. The van der Waals surface area contributed by atoms with Crippen LogP contribution in [0.4, 0.5) is 17.5 Å². The number of rotatable bonds is 1. The molecule has 0 aliphatic carbocycles. The zero-order chi connectivity index (χ0) is 10.1. The number of fused-ring (bicyclic) bond motifs is 1. The minimum Gasteiger partial charge on any atom is -0.382 e. The summed E-state index contributed by atoms with van der Waals surface area (Å²) in [4.78, 5) is 12.1. The highest BCUT2D eigenvalue weighted by Crippen LogP contribution is 2.36. The van der Waals surface area contributed by atoms with Crippen molar-refractivity contribution in [3.05, 3.63) is 0 Å². The summed E-state index contributed by atoms with van der Waals surface area (Å²) >= 11 is 7.20. The molecule has 74 valence electrons. The van der Waals surface area contributed by atoms with Crippen LogP contribution in [-0.4, -0.2) is 27.3 Å². The van der Waals surface area contributed by atoms with Gasteiger partial charge in [-0.3, -0.25) is 0 Å². The summed E-state index contributed by atoms with van der Waals surface area (Å²) in [6.07, 6.45) is 0. The van der Waals surface area contributed by atoms with Crippen LogP contribution in [0.15, 0.2) is 10.0 Å². The summed E-state index contributed by atoms with van der Waals surface area (Å²) in [5.74, 6) is 1.61. The molecular formula is C7H8ClN5S. The number of nitrogens with two attached hydrogens (primary N) is 2. The lowest BCUT2D eigenvalue weighted by molar-refractivity contribution is 1.06. The molecule has 0 amide bonds. The molecule has 0 saturated heterocycles. The predicted molar refractivity (Wildman–Crippen MR) is 59.4 cm³/mol. The Hall–Kier alpha value is -1.01. The monoisotopic (exact) mass is 229 g/mol. The maximum Gasteiger partial charge on any atom is 0.223 e. The minimum absolute atomic E-state index is 0.179. The van der Waals surface area contributed by atoms with E-state index in [0.717, 1.165) is 16.5 Å². The summed E-state index contributed by atoms with van der Waals surface area (Å²) in [5, 5.41) is 0.726. The van der Waals surface area contributed by atoms with Gasteiger partial charge in [0.2, 0.25) is 5.95 Å². The van der Waals surface area contributed by atoms with Gasteiger partial charge in [-0.05, 0) is 0 Å². The fraction of sp³-hybridized carbons (Fsp3) is 0.286. The van der Waals surface area contributed by atoms with Gasteiger partial charge in [-0.2, -0.15) is 4.98 Å². The third-order valence-electron chi connectivity index (χ3n) is 1.70. The Bertz CT molecular complexity index is 405. The van der Waals surface area contributed by atoms with Crippen LogP contribution in [0.1, 0.15) is 0 Å². The second-order valence-electron chi connectivity index (χ2n) is 2.72. The number of halogens is 1. The smallest absolute Gasteiger partial charge is 0.223 e. The number of anilines is 2. The number of hydrogen-bond acceptors (Lipinski definition) is 6. The zero-order valence-electron chi connectivity index (χ0n) is 7.20. The number of nitrogen functional groups attached to an aromatic ring is 2. The third kappa shape index (κ3) is 1.62. The van der Waals surface area contributed by atoms with E-state index in [1.807, 2.05) is 0 Å². The lowest BCUT2D eigenvalue weighted by atomic mass is 10.4. The highest BCUT2D eigenvalue weighted by Gasteiger charge is 2.17. The Labute approximate surface area is 90.0 Å². The number of thioether (sulfide) groups is 1. The van der Waals surface area contributed by atoms with Gasteiger partial charge in [-0.25, -0.2) is 9.98 Å². The quantitative estimate of drug-likeness (QED) is 0.555. The van der Waals surface area contributed by atoms with E-state index in [-0.39, 0.29) is 5.95 Å². The van der Waals surface area contributed by atoms with Crippen molar-refractivity contribution < 1.29 is 0 Å². The lowest BCUT2D eigenvalue weighted by Gasteiger charge is -2.13. The SMILES string of the molecule is Nc1nc(N)c2c(n1)SCC(CCl)=N2. The molecule has 0 bridgehead atoms. The Kier molecular flexibility index (Phi) is 2.47. The maximum absolute atomic E-state index is 5.68. The van der Waals surface area contributed by atoms with Gasteiger partial charge in [0.05, 0.1) is 5.88 Å². The second kappa shape index (κ2) is 3.62. The average Bonchev–Trinajstić information content (AvgIpc) is 2.17. The third-order valence-corrected chi connectivity index (χ3v) is 3.04. The maximum atomic E-state index is 5.68. The van der Waals surface area contributed by atoms with Gasteiger partial charge in [0, 0.05) is 11.5 Å². The van der Waals surface area contributed by atoms with Crippen LogP contribution in [0.2, 0.25) is 0 Å². The van der Waals surface area contributed by atoms with Gasteiger partial charge in [0.15, 0.2) is 5.82 Å². The van der Waals surface area contributed by atoms with Crippen molar-refractivity contribution in [2.24, 2.45) is 4.99 Å². The number of aliphatic imine (C=N–C) groups is 1. The second-order valence-corrected chi connectivity index (χ2v) is 3.95. The fourth-order valence-corrected chi connectivity index (χ4v) is 2.27. The van der Waals surface area contributed by atoms with Crippen molar-refractivity contribution in [3.8, 4) is 0 Å². The Morgan fingerprint density at radius 1 is 1.36 bits per heavy atom. The first kappa shape index (κ1) is 9.54. The van der Waals surface area contributed by atoms with Crippen molar-refractivity contribution >= 4 is 46.5 Å². The normalized spacial score (nSPS) is 14.8. The molecule has 2 rings (SSSR count). The minimum atomic E-state index is 0.179. The van der Waals surface area contributed by atoms with Gasteiger partial charge in [-0.15, -0.1) is 11.6 Å². The number of alkyl halides is 1. The topological polar surface area (TPSA) is 90.2 Å². The standard InChI is InChI=1S/C7H8ClN5S/c8-1-3-2-14-6-4(11-3)5(9)12-7(10)13-6/h1-2H2,(H4,9,10,12,13). The molecule has 0 fully saturated rings. The van der Waals surface area contributed by atoms with Crippen LogP contribution in [0.25, 0.3) is 0 Å². The van der Waals surface area contributed by atoms with E-state index >= 15 is 0 Å². The van der Waals surface area contributed by atoms with E-state index in [2.05, 4.69) is 15.0 Å². The van der Waals surface area contributed by atoms with Gasteiger partial charge in [-0.1, -0.05) is 11.8 Å². The molecule has 2 heterocycles.